The van der Waals surface area contributed by atoms with Gasteiger partial charge >= 0.3 is 11.8 Å². The summed E-state index contributed by atoms with van der Waals surface area (Å²) in [6, 6.07) is 14.1. The molecule has 2 aromatic rings. The molecule has 0 bridgehead atoms. The number of halogens is 4. The number of alkyl halides is 3. The average molecular weight is 367 g/mol. The molecule has 0 atom stereocenters. The van der Waals surface area contributed by atoms with Crippen LogP contribution in [0, 0.1) is 0 Å². The van der Waals surface area contributed by atoms with Gasteiger partial charge in [-0.15, -0.1) is 10.2 Å². The molecular formula is C16H10BrF3N2. The third kappa shape index (κ3) is 2.70. The molecule has 0 saturated carbocycles. The van der Waals surface area contributed by atoms with Crippen LogP contribution in [-0.4, -0.2) is 6.18 Å². The fourth-order valence-electron chi connectivity index (χ4n) is 2.15. The first-order chi connectivity index (χ1) is 10.4. The molecule has 2 nitrogen and oxygen atoms in total. The van der Waals surface area contributed by atoms with Crippen LogP contribution in [0.25, 0.3) is 12.2 Å². The van der Waals surface area contributed by atoms with Gasteiger partial charge in [0.15, 0.2) is 0 Å². The molecule has 0 saturated heterocycles. The lowest BCUT2D eigenvalue weighted by atomic mass is 9.96. The van der Waals surface area contributed by atoms with Crippen molar-refractivity contribution < 1.29 is 13.2 Å². The Morgan fingerprint density at radius 3 is 2.23 bits per heavy atom. The minimum absolute atomic E-state index is 0.0292. The predicted octanol–water partition coefficient (Wildman–Crippen LogP) is 5.80. The molecule has 0 radical (unpaired) electrons. The lowest BCUT2D eigenvalue weighted by Crippen LogP contribution is -2.30. The molecule has 0 N–H and O–H groups in total. The first-order valence-corrected chi connectivity index (χ1v) is 7.26. The van der Waals surface area contributed by atoms with Gasteiger partial charge in [0.2, 0.25) is 0 Å². The third-order valence-electron chi connectivity index (χ3n) is 3.34. The molecule has 22 heavy (non-hydrogen) atoms. The number of nitrogens with zero attached hydrogens (tertiary/aromatic N) is 2. The van der Waals surface area contributed by atoms with Gasteiger partial charge < -0.3 is 0 Å². The van der Waals surface area contributed by atoms with Crippen LogP contribution in [-0.2, 0) is 5.66 Å². The Morgan fingerprint density at radius 1 is 0.955 bits per heavy atom. The molecule has 1 aliphatic rings. The molecule has 0 unspecified atom stereocenters. The Kier molecular flexibility index (Phi) is 3.64. The van der Waals surface area contributed by atoms with Crippen LogP contribution in [0.5, 0.6) is 0 Å². The van der Waals surface area contributed by atoms with Crippen molar-refractivity contribution in [2.75, 3.05) is 0 Å². The SMILES string of the molecule is FC(F)(F)C1(c2cc(Br)ccc2C=Cc2ccccc2)N=N1. The van der Waals surface area contributed by atoms with E-state index in [2.05, 4.69) is 26.2 Å². The van der Waals surface area contributed by atoms with Gasteiger partial charge in [-0.05, 0) is 23.3 Å². The number of rotatable bonds is 3. The summed E-state index contributed by atoms with van der Waals surface area (Å²) in [5.41, 5.74) is -1.05. The van der Waals surface area contributed by atoms with E-state index in [-0.39, 0.29) is 5.56 Å². The molecule has 3 rings (SSSR count). The maximum absolute atomic E-state index is 13.2. The molecule has 0 aromatic heterocycles. The summed E-state index contributed by atoms with van der Waals surface area (Å²) in [5.74, 6) is 0. The summed E-state index contributed by atoms with van der Waals surface area (Å²) in [7, 11) is 0. The summed E-state index contributed by atoms with van der Waals surface area (Å²) in [5, 5.41) is 6.55. The minimum atomic E-state index is -4.54. The van der Waals surface area contributed by atoms with Gasteiger partial charge in [-0.2, -0.15) is 13.2 Å². The molecule has 112 valence electrons. The Balaban J connectivity index is 2.01. The summed E-state index contributed by atoms with van der Waals surface area (Å²) in [6.45, 7) is 0. The Labute approximate surface area is 133 Å². The van der Waals surface area contributed by atoms with E-state index in [0.717, 1.165) is 5.56 Å². The second-order valence-corrected chi connectivity index (χ2v) is 5.76. The molecule has 2 aromatic carbocycles. The van der Waals surface area contributed by atoms with Crippen LogP contribution in [0.15, 0.2) is 63.2 Å². The van der Waals surface area contributed by atoms with Gasteiger partial charge in [-0.1, -0.05) is 64.5 Å². The summed E-state index contributed by atoms with van der Waals surface area (Å²) >= 11 is 3.20. The van der Waals surface area contributed by atoms with Crippen LogP contribution in [0.3, 0.4) is 0 Å². The quantitative estimate of drug-likeness (QED) is 0.613. The lowest BCUT2D eigenvalue weighted by molar-refractivity contribution is -0.166. The maximum atomic E-state index is 13.2. The smallest absolute Gasteiger partial charge is 0.166 e. The maximum Gasteiger partial charge on any atom is 0.442 e. The topological polar surface area (TPSA) is 24.7 Å². The van der Waals surface area contributed by atoms with E-state index in [4.69, 9.17) is 0 Å². The van der Waals surface area contributed by atoms with Crippen LogP contribution < -0.4 is 0 Å². The zero-order valence-electron chi connectivity index (χ0n) is 11.2. The highest BCUT2D eigenvalue weighted by Crippen LogP contribution is 2.53. The van der Waals surface area contributed by atoms with Gasteiger partial charge in [0.25, 0.3) is 0 Å². The van der Waals surface area contributed by atoms with E-state index in [1.165, 1.54) is 6.07 Å². The van der Waals surface area contributed by atoms with E-state index in [1.54, 1.807) is 24.3 Å². The van der Waals surface area contributed by atoms with Gasteiger partial charge in [0, 0.05) is 10.0 Å². The van der Waals surface area contributed by atoms with Crippen molar-refractivity contribution >= 4 is 28.1 Å². The van der Waals surface area contributed by atoms with Gasteiger partial charge in [-0.3, -0.25) is 0 Å². The molecule has 0 fully saturated rings. The van der Waals surface area contributed by atoms with Gasteiger partial charge in [-0.25, -0.2) is 0 Å². The van der Waals surface area contributed by atoms with Crippen LogP contribution >= 0.6 is 15.9 Å². The van der Waals surface area contributed by atoms with Crippen molar-refractivity contribution in [1.82, 2.24) is 0 Å². The zero-order chi connectivity index (χ0) is 15.8. The molecule has 0 amide bonds. The van der Waals surface area contributed by atoms with E-state index in [0.29, 0.717) is 10.0 Å². The monoisotopic (exact) mass is 366 g/mol. The van der Waals surface area contributed by atoms with Crippen molar-refractivity contribution in [3.05, 3.63) is 69.7 Å². The lowest BCUT2D eigenvalue weighted by Gasteiger charge is -2.17. The van der Waals surface area contributed by atoms with Crippen molar-refractivity contribution in [2.24, 2.45) is 10.2 Å². The van der Waals surface area contributed by atoms with Gasteiger partial charge in [0.05, 0.1) is 0 Å². The highest BCUT2D eigenvalue weighted by atomic mass is 79.9. The fourth-order valence-corrected chi connectivity index (χ4v) is 2.51. The van der Waals surface area contributed by atoms with Crippen LogP contribution in [0.4, 0.5) is 13.2 Å². The molecule has 0 spiro atoms. The first-order valence-electron chi connectivity index (χ1n) is 6.46. The van der Waals surface area contributed by atoms with E-state index in [9.17, 15) is 13.2 Å². The largest absolute Gasteiger partial charge is 0.442 e. The number of hydrogen-bond acceptors (Lipinski definition) is 2. The van der Waals surface area contributed by atoms with Crippen molar-refractivity contribution in [2.45, 2.75) is 11.8 Å². The fraction of sp³-hybridized carbons (Fsp3) is 0.125. The second kappa shape index (κ2) is 5.35. The van der Waals surface area contributed by atoms with Crippen molar-refractivity contribution in [3.63, 3.8) is 0 Å². The van der Waals surface area contributed by atoms with E-state index < -0.39 is 11.8 Å². The third-order valence-corrected chi connectivity index (χ3v) is 3.83. The highest BCUT2D eigenvalue weighted by molar-refractivity contribution is 9.10. The van der Waals surface area contributed by atoms with E-state index in [1.807, 2.05) is 30.3 Å². The minimum Gasteiger partial charge on any atom is -0.166 e. The Morgan fingerprint density at radius 2 is 1.64 bits per heavy atom. The number of benzene rings is 2. The molecule has 1 aliphatic heterocycles. The molecular weight excluding hydrogens is 357 g/mol. The first kappa shape index (κ1) is 15.0. The van der Waals surface area contributed by atoms with Crippen LogP contribution in [0.2, 0.25) is 0 Å². The highest BCUT2D eigenvalue weighted by Gasteiger charge is 2.65. The van der Waals surface area contributed by atoms with Crippen molar-refractivity contribution in [1.29, 1.82) is 0 Å². The number of hydrogen-bond donors (Lipinski definition) is 0. The standard InChI is InChI=1S/C16H10BrF3N2/c17-13-9-8-12(7-6-11-4-2-1-3-5-11)14(10-13)15(21-22-15)16(18,19)20/h1-10H. The Hall–Kier alpha value is -1.95. The Bertz CT molecular complexity index is 746. The summed E-state index contributed by atoms with van der Waals surface area (Å²) < 4.78 is 40.2. The normalized spacial score (nSPS) is 16.2. The molecule has 1 heterocycles. The molecule has 0 aliphatic carbocycles. The van der Waals surface area contributed by atoms with Crippen LogP contribution in [0.1, 0.15) is 16.7 Å². The van der Waals surface area contributed by atoms with E-state index >= 15 is 0 Å². The molecule has 6 heteroatoms. The summed E-state index contributed by atoms with van der Waals surface area (Å²) in [6.07, 6.45) is -1.13. The predicted molar refractivity (Wildman–Crippen MR) is 82.1 cm³/mol. The second-order valence-electron chi connectivity index (χ2n) is 4.85. The summed E-state index contributed by atoms with van der Waals surface area (Å²) in [4.78, 5) is 0. The van der Waals surface area contributed by atoms with Gasteiger partial charge in [0.1, 0.15) is 0 Å². The zero-order valence-corrected chi connectivity index (χ0v) is 12.8. The average Bonchev–Trinajstić information content (AvgIpc) is 3.28. The van der Waals surface area contributed by atoms with Crippen molar-refractivity contribution in [3.8, 4) is 0 Å².